The highest BCUT2D eigenvalue weighted by atomic mass is 35.5. The number of ether oxygens (including phenoxy) is 1. The average molecular weight is 402 g/mol. The van der Waals surface area contributed by atoms with Crippen molar-refractivity contribution in [1.29, 1.82) is 0 Å². The number of carbonyl (C=O) groups excluding carboxylic acids is 2. The first-order valence-corrected chi connectivity index (χ1v) is 8.88. The van der Waals surface area contributed by atoms with Crippen molar-refractivity contribution in [2.24, 2.45) is 0 Å². The van der Waals surface area contributed by atoms with E-state index in [0.29, 0.717) is 5.69 Å². The molecular formula is C16H17ClFN3O4S. The topological polar surface area (TPSA) is 101 Å². The molecule has 26 heavy (non-hydrogen) atoms. The van der Waals surface area contributed by atoms with Crippen molar-refractivity contribution in [3.8, 4) is 5.75 Å². The van der Waals surface area contributed by atoms with E-state index in [-0.39, 0.29) is 42.8 Å². The minimum Gasteiger partial charge on any atom is -0.484 e. The van der Waals surface area contributed by atoms with Crippen LogP contribution in [0.15, 0.2) is 29.6 Å². The first-order valence-electron chi connectivity index (χ1n) is 7.67. The highest BCUT2D eigenvalue weighted by Crippen LogP contribution is 2.20. The monoisotopic (exact) mass is 401 g/mol. The van der Waals surface area contributed by atoms with Crippen LogP contribution < -0.4 is 15.4 Å². The number of nitrogens with one attached hydrogen (secondary N) is 2. The number of hydrogen-bond donors (Lipinski definition) is 3. The normalized spacial score (nSPS) is 11.7. The maximum absolute atomic E-state index is 13.2. The van der Waals surface area contributed by atoms with Crippen molar-refractivity contribution in [2.75, 3.05) is 19.7 Å². The highest BCUT2D eigenvalue weighted by molar-refractivity contribution is 7.03. The van der Waals surface area contributed by atoms with Gasteiger partial charge in [-0.25, -0.2) is 4.39 Å². The number of hydrogen-bond acceptors (Lipinski definition) is 6. The molecule has 1 aromatic carbocycles. The number of aromatic nitrogens is 1. The fraction of sp³-hybridized carbons (Fsp3) is 0.312. The minimum absolute atomic E-state index is 0.00371. The van der Waals surface area contributed by atoms with E-state index < -0.39 is 17.8 Å². The molecular weight excluding hydrogens is 385 g/mol. The van der Waals surface area contributed by atoms with E-state index >= 15 is 0 Å². The summed E-state index contributed by atoms with van der Waals surface area (Å²) in [5.41, 5.74) is 0.327. The van der Waals surface area contributed by atoms with Gasteiger partial charge in [0.15, 0.2) is 6.61 Å². The summed E-state index contributed by atoms with van der Waals surface area (Å²) < 4.78 is 22.3. The zero-order valence-electron chi connectivity index (χ0n) is 13.6. The first kappa shape index (κ1) is 20.1. The molecule has 0 saturated heterocycles. The standard InChI is InChI=1S/C16H17ClFN3O4S/c17-12-2-1-11(7-13(12)18)25-9-15(23)20-8-10(22)3-5-19-16(24)14-4-6-26-21-14/h1-2,4,6-7,10,22H,3,5,8-9H2,(H,19,24)(H,20,23)/t10-/m0/s1. The molecule has 0 fully saturated rings. The van der Waals surface area contributed by atoms with E-state index in [1.165, 1.54) is 23.7 Å². The Morgan fingerprint density at radius 2 is 2.15 bits per heavy atom. The van der Waals surface area contributed by atoms with E-state index in [2.05, 4.69) is 15.0 Å². The highest BCUT2D eigenvalue weighted by Gasteiger charge is 2.11. The van der Waals surface area contributed by atoms with Gasteiger partial charge in [0.1, 0.15) is 17.3 Å². The molecule has 0 bridgehead atoms. The van der Waals surface area contributed by atoms with Gasteiger partial charge in [-0.3, -0.25) is 9.59 Å². The van der Waals surface area contributed by atoms with Gasteiger partial charge in [-0.15, -0.1) is 0 Å². The number of nitrogens with zero attached hydrogens (tertiary/aromatic N) is 1. The molecule has 3 N–H and O–H groups in total. The summed E-state index contributed by atoms with van der Waals surface area (Å²) in [5.74, 6) is -1.25. The van der Waals surface area contributed by atoms with Crippen molar-refractivity contribution in [1.82, 2.24) is 15.0 Å². The van der Waals surface area contributed by atoms with Crippen LogP contribution in [0.2, 0.25) is 5.02 Å². The number of rotatable bonds is 9. The Balaban J connectivity index is 1.60. The van der Waals surface area contributed by atoms with Crippen LogP contribution in [0.1, 0.15) is 16.9 Å². The zero-order chi connectivity index (χ0) is 18.9. The summed E-state index contributed by atoms with van der Waals surface area (Å²) in [6.07, 6.45) is -0.568. The van der Waals surface area contributed by atoms with Gasteiger partial charge >= 0.3 is 0 Å². The number of benzene rings is 1. The Hall–Kier alpha value is -2.23. The molecule has 0 radical (unpaired) electrons. The number of aliphatic hydroxyl groups excluding tert-OH is 1. The van der Waals surface area contributed by atoms with Gasteiger partial charge in [0.25, 0.3) is 11.8 Å². The molecule has 1 aromatic heterocycles. The van der Waals surface area contributed by atoms with Crippen LogP contribution in [0.4, 0.5) is 4.39 Å². The Morgan fingerprint density at radius 1 is 1.35 bits per heavy atom. The Kier molecular flexibility index (Phi) is 7.76. The van der Waals surface area contributed by atoms with Crippen molar-refractivity contribution in [2.45, 2.75) is 12.5 Å². The lowest BCUT2D eigenvalue weighted by molar-refractivity contribution is -0.123. The number of aliphatic hydroxyl groups is 1. The second-order valence-corrected chi connectivity index (χ2v) is 6.32. The SMILES string of the molecule is O=C(COc1ccc(Cl)c(F)c1)NC[C@@H](O)CCNC(=O)c1ccsn1. The van der Waals surface area contributed by atoms with Crippen LogP contribution in [0.25, 0.3) is 0 Å². The predicted octanol–water partition coefficient (Wildman–Crippen LogP) is 1.61. The average Bonchev–Trinajstić information content (AvgIpc) is 3.15. The van der Waals surface area contributed by atoms with Gasteiger partial charge in [-0.05, 0) is 36.2 Å². The quantitative estimate of drug-likeness (QED) is 0.592. The van der Waals surface area contributed by atoms with E-state index in [1.54, 1.807) is 11.4 Å². The summed E-state index contributed by atoms with van der Waals surface area (Å²) in [7, 11) is 0. The molecule has 1 atom stereocenters. The largest absolute Gasteiger partial charge is 0.484 e. The molecule has 1 heterocycles. The van der Waals surface area contributed by atoms with Gasteiger partial charge < -0.3 is 20.5 Å². The third kappa shape index (κ3) is 6.58. The molecule has 0 unspecified atom stereocenters. The summed E-state index contributed by atoms with van der Waals surface area (Å²) >= 11 is 6.73. The maximum Gasteiger partial charge on any atom is 0.270 e. The summed E-state index contributed by atoms with van der Waals surface area (Å²) in [5, 5.41) is 16.6. The van der Waals surface area contributed by atoms with E-state index in [9.17, 15) is 19.1 Å². The van der Waals surface area contributed by atoms with Crippen LogP contribution in [-0.2, 0) is 4.79 Å². The molecule has 2 aromatic rings. The zero-order valence-corrected chi connectivity index (χ0v) is 15.1. The van der Waals surface area contributed by atoms with Gasteiger partial charge in [-0.1, -0.05) is 11.6 Å². The summed E-state index contributed by atoms with van der Waals surface area (Å²) in [6, 6.07) is 5.45. The van der Waals surface area contributed by atoms with Gasteiger partial charge in [0.2, 0.25) is 0 Å². The Labute approximate surface area is 158 Å². The molecule has 0 aliphatic heterocycles. The number of amides is 2. The van der Waals surface area contributed by atoms with Crippen molar-refractivity contribution < 1.29 is 23.8 Å². The second-order valence-electron chi connectivity index (χ2n) is 5.25. The van der Waals surface area contributed by atoms with Crippen LogP contribution in [0.3, 0.4) is 0 Å². The summed E-state index contributed by atoms with van der Waals surface area (Å²) in [4.78, 5) is 23.3. The second kappa shape index (κ2) is 10.0. The lowest BCUT2D eigenvalue weighted by Gasteiger charge is -2.12. The fourth-order valence-corrected chi connectivity index (χ4v) is 2.50. The van der Waals surface area contributed by atoms with Crippen LogP contribution in [-0.4, -0.2) is 47.1 Å². The first-order chi connectivity index (χ1) is 12.5. The van der Waals surface area contributed by atoms with Gasteiger partial charge in [-0.2, -0.15) is 4.37 Å². The molecule has 0 aliphatic carbocycles. The predicted molar refractivity (Wildman–Crippen MR) is 95.0 cm³/mol. The molecule has 0 spiro atoms. The smallest absolute Gasteiger partial charge is 0.270 e. The Bertz CT molecular complexity index is 745. The lowest BCUT2D eigenvalue weighted by Crippen LogP contribution is -2.37. The van der Waals surface area contributed by atoms with E-state index in [1.807, 2.05) is 0 Å². The molecule has 0 aliphatic rings. The lowest BCUT2D eigenvalue weighted by atomic mass is 10.2. The molecule has 2 amide bonds. The van der Waals surface area contributed by atoms with Crippen LogP contribution in [0.5, 0.6) is 5.75 Å². The van der Waals surface area contributed by atoms with Gasteiger partial charge in [0, 0.05) is 24.5 Å². The molecule has 10 heteroatoms. The van der Waals surface area contributed by atoms with Gasteiger partial charge in [0.05, 0.1) is 11.1 Å². The fourth-order valence-electron chi connectivity index (χ4n) is 1.87. The number of carbonyl (C=O) groups is 2. The Morgan fingerprint density at radius 3 is 2.85 bits per heavy atom. The third-order valence-corrected chi connectivity index (χ3v) is 4.10. The molecule has 2 rings (SSSR count). The van der Waals surface area contributed by atoms with Crippen molar-refractivity contribution in [3.63, 3.8) is 0 Å². The molecule has 140 valence electrons. The van der Waals surface area contributed by atoms with Crippen molar-refractivity contribution >= 4 is 34.9 Å². The number of halogens is 2. The summed E-state index contributed by atoms with van der Waals surface area (Å²) in [6.45, 7) is -0.0773. The van der Waals surface area contributed by atoms with E-state index in [4.69, 9.17) is 16.3 Å². The maximum atomic E-state index is 13.2. The van der Waals surface area contributed by atoms with Crippen LogP contribution >= 0.6 is 23.1 Å². The third-order valence-electron chi connectivity index (χ3n) is 3.23. The van der Waals surface area contributed by atoms with E-state index in [0.717, 1.165) is 6.07 Å². The van der Waals surface area contributed by atoms with Crippen LogP contribution in [0, 0.1) is 5.82 Å². The molecule has 0 saturated carbocycles. The minimum atomic E-state index is -0.831. The van der Waals surface area contributed by atoms with Crippen molar-refractivity contribution in [3.05, 3.63) is 46.2 Å². The molecule has 7 nitrogen and oxygen atoms in total.